The zero-order valence-electron chi connectivity index (χ0n) is 20.3. The summed E-state index contributed by atoms with van der Waals surface area (Å²) in [6, 6.07) is 0. The number of fused-ring (bicyclic) bond motifs is 1. The second-order valence-corrected chi connectivity index (χ2v) is 11.3. The SMILES string of the molecule is C=C1C(=CC=C2CCC[C@@]3(C)C2CC[C@@H]3[C@H](C)CCCC(C)(O)C(F)(F)F)C[C@@H](O)C[C@@H]1O. The van der Waals surface area contributed by atoms with Gasteiger partial charge in [0.2, 0.25) is 0 Å². The number of aliphatic hydroxyl groups is 3. The minimum atomic E-state index is -4.59. The van der Waals surface area contributed by atoms with Crippen molar-refractivity contribution >= 4 is 0 Å². The summed E-state index contributed by atoms with van der Waals surface area (Å²) in [6.07, 6.45) is 5.49. The number of rotatable bonds is 6. The Kier molecular flexibility index (Phi) is 7.92. The van der Waals surface area contributed by atoms with Crippen LogP contribution in [-0.4, -0.2) is 39.3 Å². The minimum Gasteiger partial charge on any atom is -0.393 e. The predicted molar refractivity (Wildman–Crippen MR) is 124 cm³/mol. The number of allylic oxidation sites excluding steroid dienone is 3. The van der Waals surface area contributed by atoms with Crippen LogP contribution < -0.4 is 0 Å². The molecule has 0 bridgehead atoms. The van der Waals surface area contributed by atoms with Crippen molar-refractivity contribution in [1.29, 1.82) is 0 Å². The summed E-state index contributed by atoms with van der Waals surface area (Å²) < 4.78 is 38.9. The van der Waals surface area contributed by atoms with Crippen LogP contribution in [0.25, 0.3) is 0 Å². The largest absolute Gasteiger partial charge is 0.416 e. The Balaban J connectivity index is 1.67. The van der Waals surface area contributed by atoms with Crippen LogP contribution in [0.3, 0.4) is 0 Å². The third-order valence-electron chi connectivity index (χ3n) is 8.92. The topological polar surface area (TPSA) is 60.7 Å². The summed E-state index contributed by atoms with van der Waals surface area (Å²) >= 11 is 0. The lowest BCUT2D eigenvalue weighted by Gasteiger charge is -2.44. The van der Waals surface area contributed by atoms with E-state index in [0.29, 0.717) is 49.0 Å². The van der Waals surface area contributed by atoms with Crippen molar-refractivity contribution in [3.63, 3.8) is 0 Å². The van der Waals surface area contributed by atoms with E-state index in [9.17, 15) is 28.5 Å². The molecule has 3 aliphatic rings. The van der Waals surface area contributed by atoms with Gasteiger partial charge in [0, 0.05) is 6.42 Å². The van der Waals surface area contributed by atoms with Crippen molar-refractivity contribution in [3.05, 3.63) is 35.5 Å². The molecular formula is C27H41F3O3. The van der Waals surface area contributed by atoms with Crippen LogP contribution in [0.15, 0.2) is 35.5 Å². The van der Waals surface area contributed by atoms with E-state index in [2.05, 4.69) is 26.5 Å². The van der Waals surface area contributed by atoms with Crippen LogP contribution >= 0.6 is 0 Å². The van der Waals surface area contributed by atoms with Crippen LogP contribution in [-0.2, 0) is 0 Å². The Hall–Kier alpha value is -1.11. The highest BCUT2D eigenvalue weighted by atomic mass is 19.4. The van der Waals surface area contributed by atoms with Gasteiger partial charge in [-0.15, -0.1) is 0 Å². The fourth-order valence-electron chi connectivity index (χ4n) is 6.79. The molecule has 3 fully saturated rings. The lowest BCUT2D eigenvalue weighted by molar-refractivity contribution is -0.255. The highest BCUT2D eigenvalue weighted by Gasteiger charge is 2.51. The molecule has 2 unspecified atom stereocenters. The highest BCUT2D eigenvalue weighted by molar-refractivity contribution is 5.38. The molecule has 0 saturated heterocycles. The first-order chi connectivity index (χ1) is 15.3. The first kappa shape index (κ1) is 26.5. The maximum absolute atomic E-state index is 13.0. The number of aliphatic hydroxyl groups excluding tert-OH is 2. The molecule has 6 heteroatoms. The van der Waals surface area contributed by atoms with Gasteiger partial charge in [-0.25, -0.2) is 0 Å². The summed E-state index contributed by atoms with van der Waals surface area (Å²) in [5.74, 6) is 1.23. The van der Waals surface area contributed by atoms with E-state index in [4.69, 9.17) is 0 Å². The van der Waals surface area contributed by atoms with Gasteiger partial charge in [-0.3, -0.25) is 0 Å². The Morgan fingerprint density at radius 1 is 1.21 bits per heavy atom. The fourth-order valence-corrected chi connectivity index (χ4v) is 6.79. The molecule has 188 valence electrons. The van der Waals surface area contributed by atoms with E-state index in [1.165, 1.54) is 5.57 Å². The number of hydrogen-bond donors (Lipinski definition) is 3. The second-order valence-electron chi connectivity index (χ2n) is 11.3. The average Bonchev–Trinajstić information content (AvgIpc) is 3.06. The summed E-state index contributed by atoms with van der Waals surface area (Å²) in [5, 5.41) is 29.9. The molecule has 0 radical (unpaired) electrons. The van der Waals surface area contributed by atoms with Gasteiger partial charge in [0.15, 0.2) is 5.60 Å². The van der Waals surface area contributed by atoms with Crippen LogP contribution in [0.5, 0.6) is 0 Å². The van der Waals surface area contributed by atoms with E-state index in [1.807, 2.05) is 6.08 Å². The van der Waals surface area contributed by atoms with Crippen LogP contribution in [0.2, 0.25) is 0 Å². The Labute approximate surface area is 196 Å². The molecule has 7 atom stereocenters. The zero-order valence-corrected chi connectivity index (χ0v) is 20.3. The van der Waals surface area contributed by atoms with Crippen LogP contribution in [0.4, 0.5) is 13.2 Å². The van der Waals surface area contributed by atoms with E-state index >= 15 is 0 Å². The molecule has 0 amide bonds. The van der Waals surface area contributed by atoms with Crippen molar-refractivity contribution in [1.82, 2.24) is 0 Å². The molecule has 0 heterocycles. The molecule has 3 saturated carbocycles. The minimum absolute atomic E-state index is 0.136. The molecule has 0 spiro atoms. The number of hydrogen-bond acceptors (Lipinski definition) is 3. The summed E-state index contributed by atoms with van der Waals surface area (Å²) in [6.45, 7) is 9.39. The molecule has 3 aliphatic carbocycles. The van der Waals surface area contributed by atoms with Gasteiger partial charge in [-0.05, 0) is 92.6 Å². The van der Waals surface area contributed by atoms with E-state index < -0.39 is 24.0 Å². The van der Waals surface area contributed by atoms with Gasteiger partial charge < -0.3 is 15.3 Å². The van der Waals surface area contributed by atoms with E-state index in [0.717, 1.165) is 44.6 Å². The number of alkyl halides is 3. The lowest BCUT2D eigenvalue weighted by Crippen LogP contribution is -2.42. The molecule has 3 rings (SSSR count). The van der Waals surface area contributed by atoms with Crippen molar-refractivity contribution in [2.24, 2.45) is 23.2 Å². The zero-order chi connectivity index (χ0) is 24.6. The average molecular weight is 471 g/mol. The monoisotopic (exact) mass is 470 g/mol. The molecule has 3 N–H and O–H groups in total. The van der Waals surface area contributed by atoms with Gasteiger partial charge in [-0.1, -0.05) is 44.6 Å². The normalized spacial score (nSPS) is 38.4. The Morgan fingerprint density at radius 3 is 2.58 bits per heavy atom. The fraction of sp³-hybridized carbons (Fsp3) is 0.778. The summed E-state index contributed by atoms with van der Waals surface area (Å²) in [4.78, 5) is 0. The van der Waals surface area contributed by atoms with E-state index in [-0.39, 0.29) is 11.8 Å². The van der Waals surface area contributed by atoms with Gasteiger partial charge >= 0.3 is 6.18 Å². The molecule has 0 aliphatic heterocycles. The van der Waals surface area contributed by atoms with Crippen LogP contribution in [0, 0.1) is 23.2 Å². The molecule has 0 aromatic rings. The molecular weight excluding hydrogens is 429 g/mol. The maximum atomic E-state index is 13.0. The van der Waals surface area contributed by atoms with Gasteiger partial charge in [0.1, 0.15) is 0 Å². The predicted octanol–water partition coefficient (Wildman–Crippen LogP) is 6.25. The van der Waals surface area contributed by atoms with Gasteiger partial charge in [0.25, 0.3) is 0 Å². The quantitative estimate of drug-likeness (QED) is 0.430. The second kappa shape index (κ2) is 9.87. The lowest BCUT2D eigenvalue weighted by atomic mass is 9.60. The first-order valence-electron chi connectivity index (χ1n) is 12.5. The third kappa shape index (κ3) is 5.59. The smallest absolute Gasteiger partial charge is 0.393 e. The maximum Gasteiger partial charge on any atom is 0.416 e. The number of halogens is 3. The van der Waals surface area contributed by atoms with Crippen LogP contribution in [0.1, 0.15) is 85.0 Å². The third-order valence-corrected chi connectivity index (χ3v) is 8.92. The van der Waals surface area contributed by atoms with Gasteiger partial charge in [-0.2, -0.15) is 13.2 Å². The first-order valence-corrected chi connectivity index (χ1v) is 12.5. The highest BCUT2D eigenvalue weighted by Crippen LogP contribution is 2.60. The van der Waals surface area contributed by atoms with Crippen molar-refractivity contribution in [2.75, 3.05) is 0 Å². The van der Waals surface area contributed by atoms with Crippen molar-refractivity contribution < 1.29 is 28.5 Å². The standard InChI is InChI=1S/C27H41F3O3/c1-17(7-5-14-26(4,33)27(28,29)30)22-11-12-23-19(8-6-13-25(22,23)3)9-10-20-15-21(31)16-24(32)18(20)2/h9-10,17,21-24,31-33H,2,5-8,11-16H2,1,3-4H3/t17-,21-,22-,23?,24+,25-,26?/m1/s1. The molecule has 33 heavy (non-hydrogen) atoms. The Bertz CT molecular complexity index is 782. The summed E-state index contributed by atoms with van der Waals surface area (Å²) in [7, 11) is 0. The van der Waals surface area contributed by atoms with E-state index in [1.54, 1.807) is 0 Å². The molecule has 0 aromatic heterocycles. The van der Waals surface area contributed by atoms with Crippen molar-refractivity contribution in [2.45, 2.75) is 109 Å². The van der Waals surface area contributed by atoms with Gasteiger partial charge in [0.05, 0.1) is 12.2 Å². The van der Waals surface area contributed by atoms with Crippen molar-refractivity contribution in [3.8, 4) is 0 Å². The summed E-state index contributed by atoms with van der Waals surface area (Å²) in [5.41, 5.74) is 0.544. The molecule has 3 nitrogen and oxygen atoms in total. The molecule has 0 aromatic carbocycles. The Morgan fingerprint density at radius 2 is 1.91 bits per heavy atom.